The van der Waals surface area contributed by atoms with E-state index < -0.39 is 0 Å². The number of aryl methyl sites for hydroxylation is 2. The molecule has 0 fully saturated rings. The molecule has 0 aliphatic heterocycles. The number of hydrogen-bond acceptors (Lipinski definition) is 4. The molecule has 1 heterocycles. The molecule has 0 aliphatic carbocycles. The molecular formula is C14H16Cl2N4. The Morgan fingerprint density at radius 2 is 1.95 bits per heavy atom. The molecule has 6 heteroatoms. The molecule has 0 saturated carbocycles. The number of nitrogens with two attached hydrogens (primary N) is 1. The summed E-state index contributed by atoms with van der Waals surface area (Å²) in [5.74, 6) is 5.69. The maximum atomic E-state index is 6.20. The highest BCUT2D eigenvalue weighted by Crippen LogP contribution is 2.26. The Bertz CT molecular complexity index is 616. The molecular weight excluding hydrogens is 295 g/mol. The molecule has 2 aromatic rings. The predicted molar refractivity (Wildman–Crippen MR) is 81.7 cm³/mol. The molecule has 1 atom stereocenters. The van der Waals surface area contributed by atoms with E-state index in [1.54, 1.807) is 12.1 Å². The van der Waals surface area contributed by atoms with Crippen molar-refractivity contribution in [2.45, 2.75) is 26.3 Å². The maximum absolute atomic E-state index is 6.20. The fourth-order valence-electron chi connectivity index (χ4n) is 2.10. The summed E-state index contributed by atoms with van der Waals surface area (Å²) >= 11 is 12.2. The normalized spacial score (nSPS) is 12.4. The second-order valence-corrected chi connectivity index (χ2v) is 5.53. The number of benzene rings is 1. The lowest BCUT2D eigenvalue weighted by atomic mass is 9.98. The molecule has 4 nitrogen and oxygen atoms in total. The zero-order valence-corrected chi connectivity index (χ0v) is 12.8. The van der Waals surface area contributed by atoms with Crippen molar-refractivity contribution in [2.24, 2.45) is 5.84 Å². The van der Waals surface area contributed by atoms with Gasteiger partial charge in [-0.05, 0) is 55.7 Å². The van der Waals surface area contributed by atoms with Gasteiger partial charge in [0.1, 0.15) is 0 Å². The number of aromatic nitrogens is 2. The number of hydrazine groups is 1. The van der Waals surface area contributed by atoms with Gasteiger partial charge in [0.2, 0.25) is 0 Å². The summed E-state index contributed by atoms with van der Waals surface area (Å²) < 4.78 is 0. The average Bonchev–Trinajstić information content (AvgIpc) is 2.42. The third kappa shape index (κ3) is 3.46. The molecule has 3 N–H and O–H groups in total. The predicted octanol–water partition coefficient (Wildman–Crippen LogP) is 3.15. The van der Waals surface area contributed by atoms with Gasteiger partial charge in [-0.15, -0.1) is 0 Å². The minimum atomic E-state index is -0.0971. The van der Waals surface area contributed by atoms with Crippen LogP contribution in [0.1, 0.15) is 28.6 Å². The summed E-state index contributed by atoms with van der Waals surface area (Å²) in [4.78, 5) is 0. The van der Waals surface area contributed by atoms with Gasteiger partial charge in [-0.1, -0.05) is 23.2 Å². The number of halogens is 2. The van der Waals surface area contributed by atoms with E-state index in [0.717, 1.165) is 22.5 Å². The van der Waals surface area contributed by atoms with Gasteiger partial charge in [0.25, 0.3) is 0 Å². The van der Waals surface area contributed by atoms with Crippen molar-refractivity contribution in [1.82, 2.24) is 15.6 Å². The highest BCUT2D eigenvalue weighted by Gasteiger charge is 2.16. The van der Waals surface area contributed by atoms with Crippen LogP contribution in [-0.2, 0) is 6.42 Å². The van der Waals surface area contributed by atoms with E-state index in [1.807, 2.05) is 26.0 Å². The number of hydrogen-bond donors (Lipinski definition) is 2. The summed E-state index contributed by atoms with van der Waals surface area (Å²) in [6.45, 7) is 3.81. The van der Waals surface area contributed by atoms with Crippen molar-refractivity contribution < 1.29 is 0 Å². The number of nitrogens with zero attached hydrogens (tertiary/aromatic N) is 2. The van der Waals surface area contributed by atoms with Crippen molar-refractivity contribution in [3.8, 4) is 0 Å². The first-order valence-corrected chi connectivity index (χ1v) is 6.97. The van der Waals surface area contributed by atoms with Crippen molar-refractivity contribution >= 4 is 23.2 Å². The van der Waals surface area contributed by atoms with Crippen molar-refractivity contribution in [1.29, 1.82) is 0 Å². The fourth-order valence-corrected chi connectivity index (χ4v) is 2.49. The van der Waals surface area contributed by atoms with Gasteiger partial charge < -0.3 is 0 Å². The van der Waals surface area contributed by atoms with Gasteiger partial charge in [-0.2, -0.15) is 10.2 Å². The first kappa shape index (κ1) is 15.2. The highest BCUT2D eigenvalue weighted by atomic mass is 35.5. The van der Waals surface area contributed by atoms with E-state index in [-0.39, 0.29) is 6.04 Å². The third-order valence-corrected chi connectivity index (χ3v) is 3.75. The maximum Gasteiger partial charge on any atom is 0.0648 e. The monoisotopic (exact) mass is 310 g/mol. The lowest BCUT2D eigenvalue weighted by molar-refractivity contribution is 0.544. The summed E-state index contributed by atoms with van der Waals surface area (Å²) in [5.41, 5.74) is 6.46. The molecule has 0 spiro atoms. The Hall–Kier alpha value is -1.20. The van der Waals surface area contributed by atoms with Gasteiger partial charge in [-0.25, -0.2) is 0 Å². The zero-order valence-electron chi connectivity index (χ0n) is 11.3. The molecule has 20 heavy (non-hydrogen) atoms. The van der Waals surface area contributed by atoms with Crippen LogP contribution in [0.4, 0.5) is 0 Å². The third-order valence-electron chi connectivity index (χ3n) is 3.15. The second kappa shape index (κ2) is 6.50. The van der Waals surface area contributed by atoms with Crippen LogP contribution in [0.2, 0.25) is 10.0 Å². The lowest BCUT2D eigenvalue weighted by Crippen LogP contribution is -2.30. The van der Waals surface area contributed by atoms with Crippen molar-refractivity contribution in [2.75, 3.05) is 0 Å². The molecule has 0 saturated heterocycles. The van der Waals surface area contributed by atoms with E-state index in [1.165, 1.54) is 0 Å². The van der Waals surface area contributed by atoms with E-state index in [4.69, 9.17) is 29.0 Å². The molecule has 0 aliphatic rings. The Morgan fingerprint density at radius 1 is 1.20 bits per heavy atom. The molecule has 0 radical (unpaired) electrons. The summed E-state index contributed by atoms with van der Waals surface area (Å²) in [6.07, 6.45) is 0.627. The molecule has 0 bridgehead atoms. The average molecular weight is 311 g/mol. The summed E-state index contributed by atoms with van der Waals surface area (Å²) in [7, 11) is 0. The van der Waals surface area contributed by atoms with Gasteiger partial charge in [0.15, 0.2) is 0 Å². The van der Waals surface area contributed by atoms with Crippen LogP contribution in [0, 0.1) is 13.8 Å². The van der Waals surface area contributed by atoms with E-state index in [0.29, 0.717) is 16.5 Å². The van der Waals surface area contributed by atoms with Gasteiger partial charge in [0, 0.05) is 10.0 Å². The summed E-state index contributed by atoms with van der Waals surface area (Å²) in [6, 6.07) is 7.29. The van der Waals surface area contributed by atoms with E-state index in [2.05, 4.69) is 15.6 Å². The van der Waals surface area contributed by atoms with Gasteiger partial charge in [0.05, 0.1) is 17.4 Å². The van der Waals surface area contributed by atoms with Crippen LogP contribution >= 0.6 is 23.2 Å². The van der Waals surface area contributed by atoms with Crippen LogP contribution in [0.3, 0.4) is 0 Å². The second-order valence-electron chi connectivity index (χ2n) is 4.69. The van der Waals surface area contributed by atoms with Gasteiger partial charge in [-0.3, -0.25) is 11.3 Å². The standard InChI is InChI=1S/C14H16Cl2N4/c1-8-5-12(9(2)20-19-8)14(18-17)7-10-6-11(15)3-4-13(10)16/h3-6,14,18H,7,17H2,1-2H3. The Balaban J connectivity index is 2.33. The SMILES string of the molecule is Cc1cc(C(Cc2cc(Cl)ccc2Cl)NN)c(C)nn1. The van der Waals surface area contributed by atoms with Gasteiger partial charge >= 0.3 is 0 Å². The lowest BCUT2D eigenvalue weighted by Gasteiger charge is -2.19. The molecule has 0 amide bonds. The largest absolute Gasteiger partial charge is 0.271 e. The minimum Gasteiger partial charge on any atom is -0.271 e. The molecule has 1 unspecified atom stereocenters. The van der Waals surface area contributed by atoms with Crippen LogP contribution in [0.5, 0.6) is 0 Å². The Morgan fingerprint density at radius 3 is 2.65 bits per heavy atom. The molecule has 1 aromatic carbocycles. The quantitative estimate of drug-likeness (QED) is 0.672. The van der Waals surface area contributed by atoms with Crippen LogP contribution < -0.4 is 11.3 Å². The van der Waals surface area contributed by atoms with Crippen molar-refractivity contribution in [3.63, 3.8) is 0 Å². The number of rotatable bonds is 4. The van der Waals surface area contributed by atoms with E-state index in [9.17, 15) is 0 Å². The first-order valence-electron chi connectivity index (χ1n) is 6.22. The Labute approximate surface area is 128 Å². The fraction of sp³-hybridized carbons (Fsp3) is 0.286. The van der Waals surface area contributed by atoms with Crippen molar-refractivity contribution in [3.05, 3.63) is 56.8 Å². The zero-order chi connectivity index (χ0) is 14.7. The minimum absolute atomic E-state index is 0.0971. The number of nitrogens with one attached hydrogen (secondary N) is 1. The highest BCUT2D eigenvalue weighted by molar-refractivity contribution is 6.33. The van der Waals surface area contributed by atoms with E-state index >= 15 is 0 Å². The van der Waals surface area contributed by atoms with Crippen LogP contribution in [-0.4, -0.2) is 10.2 Å². The van der Waals surface area contributed by atoms with Crippen LogP contribution in [0.25, 0.3) is 0 Å². The Kier molecular flexibility index (Phi) is 4.94. The molecule has 1 aromatic heterocycles. The molecule has 2 rings (SSSR count). The first-order chi connectivity index (χ1) is 9.51. The molecule has 106 valence electrons. The van der Waals surface area contributed by atoms with Crippen LogP contribution in [0.15, 0.2) is 24.3 Å². The smallest absolute Gasteiger partial charge is 0.0648 e. The topological polar surface area (TPSA) is 63.8 Å². The summed E-state index contributed by atoms with van der Waals surface area (Å²) in [5, 5.41) is 9.48.